The Morgan fingerprint density at radius 3 is 2.50 bits per heavy atom. The van der Waals surface area contributed by atoms with Gasteiger partial charge in [0, 0.05) is 6.54 Å². The van der Waals surface area contributed by atoms with Crippen LogP contribution in [-0.2, 0) is 13.6 Å². The number of hydrogen-bond donors (Lipinski definition) is 1. The Bertz CT molecular complexity index is 356. The lowest BCUT2D eigenvalue weighted by molar-refractivity contribution is 0.229. The SMILES string of the molecule is CCNc1ocnc1P(=O)(OCC)OCC. The van der Waals surface area contributed by atoms with Crippen LogP contribution in [0.25, 0.3) is 0 Å². The standard InChI is InChI=1S/C9H17N2O4P/c1-4-10-8-9(11-7-13-8)16(12,14-5-2)15-6-3/h7,10H,4-6H2,1-3H3. The molecular formula is C9H17N2O4P. The summed E-state index contributed by atoms with van der Waals surface area (Å²) in [6, 6.07) is 0. The van der Waals surface area contributed by atoms with Gasteiger partial charge in [-0.05, 0) is 20.8 Å². The molecule has 1 N–H and O–H groups in total. The summed E-state index contributed by atoms with van der Waals surface area (Å²) in [7, 11) is -3.36. The van der Waals surface area contributed by atoms with Gasteiger partial charge in [0.15, 0.2) is 6.39 Å². The van der Waals surface area contributed by atoms with Gasteiger partial charge in [-0.2, -0.15) is 0 Å². The van der Waals surface area contributed by atoms with Gasteiger partial charge < -0.3 is 18.8 Å². The van der Waals surface area contributed by atoms with Gasteiger partial charge in [0.25, 0.3) is 0 Å². The largest absolute Gasteiger partial charge is 0.427 e. The van der Waals surface area contributed by atoms with E-state index in [1.165, 1.54) is 6.39 Å². The van der Waals surface area contributed by atoms with Crippen LogP contribution in [0.1, 0.15) is 20.8 Å². The highest BCUT2D eigenvalue weighted by atomic mass is 31.2. The molecule has 7 heteroatoms. The molecule has 0 saturated carbocycles. The van der Waals surface area contributed by atoms with Crippen molar-refractivity contribution in [2.45, 2.75) is 20.8 Å². The summed E-state index contributed by atoms with van der Waals surface area (Å²) in [4.78, 5) is 3.90. The van der Waals surface area contributed by atoms with Crippen molar-refractivity contribution in [1.29, 1.82) is 0 Å². The monoisotopic (exact) mass is 248 g/mol. The summed E-state index contributed by atoms with van der Waals surface area (Å²) in [5.41, 5.74) is 0.207. The smallest absolute Gasteiger partial charge is 0.385 e. The third kappa shape index (κ3) is 2.84. The number of nitrogens with one attached hydrogen (secondary N) is 1. The highest BCUT2D eigenvalue weighted by Crippen LogP contribution is 2.48. The van der Waals surface area contributed by atoms with Crippen LogP contribution >= 0.6 is 7.60 Å². The van der Waals surface area contributed by atoms with Gasteiger partial charge in [0.1, 0.15) is 0 Å². The molecule has 0 fully saturated rings. The molecular weight excluding hydrogens is 231 g/mol. The molecule has 0 aliphatic rings. The van der Waals surface area contributed by atoms with E-state index in [9.17, 15) is 4.57 Å². The molecule has 0 aliphatic heterocycles. The zero-order valence-electron chi connectivity index (χ0n) is 9.73. The molecule has 1 heterocycles. The van der Waals surface area contributed by atoms with Gasteiger partial charge in [-0.15, -0.1) is 0 Å². The lowest BCUT2D eigenvalue weighted by atomic mass is 10.7. The first-order valence-electron chi connectivity index (χ1n) is 5.25. The van der Waals surface area contributed by atoms with Crippen LogP contribution in [0.4, 0.5) is 5.88 Å². The third-order valence-corrected chi connectivity index (χ3v) is 3.78. The summed E-state index contributed by atoms with van der Waals surface area (Å²) < 4.78 is 27.8. The maximum Gasteiger partial charge on any atom is 0.385 e. The molecule has 0 amide bonds. The summed E-state index contributed by atoms with van der Waals surface area (Å²) >= 11 is 0. The predicted octanol–water partition coefficient (Wildman–Crippen LogP) is 2.00. The molecule has 0 atom stereocenters. The van der Waals surface area contributed by atoms with E-state index >= 15 is 0 Å². The number of anilines is 1. The fourth-order valence-corrected chi connectivity index (χ4v) is 2.78. The number of hydrogen-bond acceptors (Lipinski definition) is 6. The zero-order valence-corrected chi connectivity index (χ0v) is 10.6. The molecule has 1 aromatic heterocycles. The number of oxazole rings is 1. The van der Waals surface area contributed by atoms with Crippen molar-refractivity contribution in [2.24, 2.45) is 0 Å². The van der Waals surface area contributed by atoms with Crippen molar-refractivity contribution in [1.82, 2.24) is 4.98 Å². The molecule has 92 valence electrons. The van der Waals surface area contributed by atoms with Crippen LogP contribution < -0.4 is 10.8 Å². The van der Waals surface area contributed by atoms with E-state index in [-0.39, 0.29) is 18.6 Å². The second-order valence-corrected chi connectivity index (χ2v) is 4.80. The van der Waals surface area contributed by atoms with E-state index in [1.807, 2.05) is 6.92 Å². The van der Waals surface area contributed by atoms with E-state index in [1.54, 1.807) is 13.8 Å². The lowest BCUT2D eigenvalue weighted by Crippen LogP contribution is -2.16. The number of nitrogens with zero attached hydrogens (tertiary/aromatic N) is 1. The van der Waals surface area contributed by atoms with E-state index < -0.39 is 7.60 Å². The minimum Gasteiger partial charge on any atom is -0.427 e. The summed E-state index contributed by atoms with van der Waals surface area (Å²) in [5, 5.41) is 2.92. The van der Waals surface area contributed by atoms with Gasteiger partial charge in [-0.3, -0.25) is 4.57 Å². The van der Waals surface area contributed by atoms with Crippen molar-refractivity contribution >= 4 is 18.9 Å². The first-order valence-corrected chi connectivity index (χ1v) is 6.79. The first-order chi connectivity index (χ1) is 7.68. The van der Waals surface area contributed by atoms with Crippen LogP contribution in [0.5, 0.6) is 0 Å². The summed E-state index contributed by atoms with van der Waals surface area (Å²) in [6.45, 7) is 6.61. The van der Waals surface area contributed by atoms with E-state index in [0.29, 0.717) is 12.4 Å². The maximum absolute atomic E-state index is 12.4. The van der Waals surface area contributed by atoms with Gasteiger partial charge in [-0.1, -0.05) is 0 Å². The maximum atomic E-state index is 12.4. The highest BCUT2D eigenvalue weighted by Gasteiger charge is 2.33. The molecule has 0 radical (unpaired) electrons. The van der Waals surface area contributed by atoms with Crippen molar-refractivity contribution in [3.05, 3.63) is 6.39 Å². The predicted molar refractivity (Wildman–Crippen MR) is 61.2 cm³/mol. The zero-order chi connectivity index (χ0) is 12.0. The van der Waals surface area contributed by atoms with Gasteiger partial charge in [-0.25, -0.2) is 4.98 Å². The average Bonchev–Trinajstić information content (AvgIpc) is 2.68. The molecule has 1 aromatic rings. The van der Waals surface area contributed by atoms with Gasteiger partial charge in [0.2, 0.25) is 11.3 Å². The Morgan fingerprint density at radius 2 is 2.00 bits per heavy atom. The Kier molecular flexibility index (Phi) is 4.99. The van der Waals surface area contributed by atoms with E-state index in [0.717, 1.165) is 0 Å². The van der Waals surface area contributed by atoms with Crippen LogP contribution in [0, 0.1) is 0 Å². The third-order valence-electron chi connectivity index (χ3n) is 1.74. The van der Waals surface area contributed by atoms with Crippen molar-refractivity contribution in [3.63, 3.8) is 0 Å². The molecule has 0 bridgehead atoms. The molecule has 0 unspecified atom stereocenters. The Hall–Kier alpha value is -0.840. The van der Waals surface area contributed by atoms with E-state index in [4.69, 9.17) is 13.5 Å². The van der Waals surface area contributed by atoms with Crippen LogP contribution in [0.2, 0.25) is 0 Å². The van der Waals surface area contributed by atoms with Crippen molar-refractivity contribution < 1.29 is 18.0 Å². The minimum absolute atomic E-state index is 0.207. The lowest BCUT2D eigenvalue weighted by Gasteiger charge is -2.15. The first kappa shape index (κ1) is 13.2. The second kappa shape index (κ2) is 6.03. The van der Waals surface area contributed by atoms with Crippen molar-refractivity contribution in [3.8, 4) is 0 Å². The summed E-state index contributed by atoms with van der Waals surface area (Å²) in [6.07, 6.45) is 1.22. The quantitative estimate of drug-likeness (QED) is 0.744. The Morgan fingerprint density at radius 1 is 1.38 bits per heavy atom. The molecule has 1 rings (SSSR count). The van der Waals surface area contributed by atoms with Crippen LogP contribution in [-0.4, -0.2) is 24.7 Å². The molecule has 0 saturated heterocycles. The second-order valence-electron chi connectivity index (χ2n) is 2.87. The topological polar surface area (TPSA) is 73.6 Å². The minimum atomic E-state index is -3.36. The molecule has 0 spiro atoms. The fraction of sp³-hybridized carbons (Fsp3) is 0.667. The van der Waals surface area contributed by atoms with Crippen LogP contribution in [0.15, 0.2) is 10.8 Å². The molecule has 16 heavy (non-hydrogen) atoms. The van der Waals surface area contributed by atoms with Gasteiger partial charge in [0.05, 0.1) is 13.2 Å². The average molecular weight is 248 g/mol. The normalized spacial score (nSPS) is 11.7. The molecule has 6 nitrogen and oxygen atoms in total. The van der Waals surface area contributed by atoms with Gasteiger partial charge >= 0.3 is 7.60 Å². The highest BCUT2D eigenvalue weighted by molar-refractivity contribution is 7.62. The Labute approximate surface area is 94.9 Å². The van der Waals surface area contributed by atoms with E-state index in [2.05, 4.69) is 10.3 Å². The van der Waals surface area contributed by atoms with Crippen LogP contribution in [0.3, 0.4) is 0 Å². The molecule has 0 aromatic carbocycles. The van der Waals surface area contributed by atoms with Crippen molar-refractivity contribution in [2.75, 3.05) is 25.1 Å². The number of rotatable bonds is 7. The fourth-order valence-electron chi connectivity index (χ4n) is 1.22. The summed E-state index contributed by atoms with van der Waals surface area (Å²) in [5.74, 6) is 0.340. The molecule has 0 aliphatic carbocycles. The Balaban J connectivity index is 3.00. The number of aromatic nitrogens is 1.